The van der Waals surface area contributed by atoms with E-state index in [1.54, 1.807) is 48.7 Å². The summed E-state index contributed by atoms with van der Waals surface area (Å²) < 4.78 is 2.10. The van der Waals surface area contributed by atoms with E-state index in [-0.39, 0.29) is 11.5 Å². The van der Waals surface area contributed by atoms with Crippen molar-refractivity contribution in [3.05, 3.63) is 100.0 Å². The van der Waals surface area contributed by atoms with Crippen LogP contribution in [-0.2, 0) is 7.05 Å². The van der Waals surface area contributed by atoms with Crippen LogP contribution < -0.4 is 16.3 Å². The van der Waals surface area contributed by atoms with Crippen molar-refractivity contribution in [1.82, 2.24) is 20.0 Å². The fourth-order valence-corrected chi connectivity index (χ4v) is 3.92. The average molecular weight is 451 g/mol. The van der Waals surface area contributed by atoms with Crippen LogP contribution in [0.2, 0.25) is 0 Å². The second-order valence-corrected chi connectivity index (χ2v) is 7.91. The van der Waals surface area contributed by atoms with Crippen LogP contribution in [0, 0.1) is 6.92 Å². The Kier molecular flexibility index (Phi) is 5.39. The first-order valence-corrected chi connectivity index (χ1v) is 10.7. The van der Waals surface area contributed by atoms with E-state index in [0.29, 0.717) is 28.1 Å². The Bertz CT molecular complexity index is 1610. The summed E-state index contributed by atoms with van der Waals surface area (Å²) in [7, 11) is 2.01. The van der Waals surface area contributed by atoms with Crippen molar-refractivity contribution < 1.29 is 4.79 Å². The fraction of sp³-hybridized carbons (Fsp3) is 0.0769. The van der Waals surface area contributed by atoms with Crippen LogP contribution >= 0.6 is 0 Å². The van der Waals surface area contributed by atoms with E-state index in [4.69, 9.17) is 0 Å². The van der Waals surface area contributed by atoms with Gasteiger partial charge in [0.05, 0.1) is 17.1 Å². The maximum absolute atomic E-state index is 12.5. The van der Waals surface area contributed by atoms with Crippen molar-refractivity contribution in [2.24, 2.45) is 12.1 Å². The van der Waals surface area contributed by atoms with Gasteiger partial charge >= 0.3 is 0 Å². The number of carbonyl (C=O) groups excluding carboxylic acids is 1. The first-order chi connectivity index (χ1) is 16.5. The van der Waals surface area contributed by atoms with E-state index >= 15 is 0 Å². The van der Waals surface area contributed by atoms with E-state index < -0.39 is 0 Å². The summed E-state index contributed by atoms with van der Waals surface area (Å²) in [4.78, 5) is 31.9. The van der Waals surface area contributed by atoms with Crippen LogP contribution in [0.15, 0.2) is 82.7 Å². The van der Waals surface area contributed by atoms with Gasteiger partial charge in [-0.1, -0.05) is 30.3 Å². The van der Waals surface area contributed by atoms with Gasteiger partial charge in [-0.2, -0.15) is 5.10 Å². The molecule has 0 bridgehead atoms. The largest absolute Gasteiger partial charge is 0.347 e. The van der Waals surface area contributed by atoms with Gasteiger partial charge in [-0.15, -0.1) is 0 Å². The SMILES string of the molecule is Cc1c(/C=N\NC(=O)c2ccc(Nc3nc4ccccc4c(=O)[nH]3)cc2)c2ccccc2n1C. The molecule has 3 aromatic carbocycles. The predicted molar refractivity (Wildman–Crippen MR) is 135 cm³/mol. The van der Waals surface area contributed by atoms with Gasteiger partial charge < -0.3 is 9.88 Å². The molecule has 2 aromatic heterocycles. The van der Waals surface area contributed by atoms with Gasteiger partial charge in [0.2, 0.25) is 5.95 Å². The molecule has 1 amide bonds. The van der Waals surface area contributed by atoms with E-state index in [9.17, 15) is 9.59 Å². The number of fused-ring (bicyclic) bond motifs is 2. The van der Waals surface area contributed by atoms with Gasteiger partial charge in [0.1, 0.15) is 0 Å². The molecule has 0 aliphatic carbocycles. The van der Waals surface area contributed by atoms with Gasteiger partial charge in [-0.25, -0.2) is 10.4 Å². The molecule has 8 heteroatoms. The van der Waals surface area contributed by atoms with Crippen LogP contribution in [0.4, 0.5) is 11.6 Å². The molecule has 0 saturated heterocycles. The molecule has 5 rings (SSSR count). The lowest BCUT2D eigenvalue weighted by Crippen LogP contribution is -2.17. The first-order valence-electron chi connectivity index (χ1n) is 10.7. The second kappa shape index (κ2) is 8.67. The Hall–Kier alpha value is -4.72. The van der Waals surface area contributed by atoms with Gasteiger partial charge in [0.15, 0.2) is 0 Å². The van der Waals surface area contributed by atoms with Gasteiger partial charge in [0, 0.05) is 40.5 Å². The minimum Gasteiger partial charge on any atom is -0.347 e. The summed E-state index contributed by atoms with van der Waals surface area (Å²) in [6.07, 6.45) is 1.67. The quantitative estimate of drug-likeness (QED) is 0.275. The summed E-state index contributed by atoms with van der Waals surface area (Å²) in [6.45, 7) is 2.02. The molecule has 0 spiro atoms. The molecule has 0 fully saturated rings. The van der Waals surface area contributed by atoms with Crippen molar-refractivity contribution in [2.45, 2.75) is 6.92 Å². The molecule has 3 N–H and O–H groups in total. The molecular formula is C26H22N6O2. The highest BCUT2D eigenvalue weighted by Gasteiger charge is 2.10. The number of carbonyl (C=O) groups is 1. The number of aromatic nitrogens is 3. The number of amides is 1. The standard InChI is InChI=1S/C26H22N6O2/c1-16-21(19-7-4-6-10-23(19)32(16)2)15-27-31-24(33)17-11-13-18(14-12-17)28-26-29-22-9-5-3-8-20(22)25(34)30-26/h3-15H,1-2H3,(H,31,33)(H2,28,29,30,34)/b27-15-. The summed E-state index contributed by atoms with van der Waals surface area (Å²) in [5.74, 6) is 0.00823. The van der Waals surface area contributed by atoms with E-state index in [2.05, 4.69) is 36.4 Å². The Balaban J connectivity index is 1.28. The number of benzene rings is 3. The van der Waals surface area contributed by atoms with Crippen LogP contribution in [-0.4, -0.2) is 26.7 Å². The maximum atomic E-state index is 12.5. The van der Waals surface area contributed by atoms with Gasteiger partial charge in [-0.05, 0) is 49.4 Å². The molecule has 8 nitrogen and oxygen atoms in total. The lowest BCUT2D eigenvalue weighted by atomic mass is 10.1. The maximum Gasteiger partial charge on any atom is 0.271 e. The number of hydrazone groups is 1. The lowest BCUT2D eigenvalue weighted by molar-refractivity contribution is 0.0955. The minimum absolute atomic E-state index is 0.219. The molecule has 0 aliphatic rings. The zero-order valence-electron chi connectivity index (χ0n) is 18.7. The van der Waals surface area contributed by atoms with E-state index in [0.717, 1.165) is 22.2 Å². The normalized spacial score (nSPS) is 11.4. The van der Waals surface area contributed by atoms with Crippen LogP contribution in [0.5, 0.6) is 0 Å². The number of H-pyrrole nitrogens is 1. The van der Waals surface area contributed by atoms with Crippen molar-refractivity contribution >= 4 is 45.6 Å². The zero-order chi connectivity index (χ0) is 23.7. The molecule has 2 heterocycles. The van der Waals surface area contributed by atoms with E-state index in [1.165, 1.54) is 0 Å². The average Bonchev–Trinajstić information content (AvgIpc) is 3.09. The smallest absolute Gasteiger partial charge is 0.271 e. The lowest BCUT2D eigenvalue weighted by Gasteiger charge is -2.07. The highest BCUT2D eigenvalue weighted by molar-refractivity contribution is 6.02. The highest BCUT2D eigenvalue weighted by Crippen LogP contribution is 2.23. The number of rotatable bonds is 5. The molecule has 0 radical (unpaired) electrons. The third kappa shape index (κ3) is 3.93. The number of para-hydroxylation sites is 2. The summed E-state index contributed by atoms with van der Waals surface area (Å²) in [6, 6.07) is 22.0. The number of nitrogens with zero attached hydrogens (tertiary/aromatic N) is 3. The van der Waals surface area contributed by atoms with Crippen molar-refractivity contribution in [3.8, 4) is 0 Å². The van der Waals surface area contributed by atoms with Crippen LogP contribution in [0.1, 0.15) is 21.6 Å². The summed E-state index contributed by atoms with van der Waals surface area (Å²) in [5, 5.41) is 8.84. The second-order valence-electron chi connectivity index (χ2n) is 7.91. The molecule has 5 aromatic rings. The first kappa shape index (κ1) is 21.1. The van der Waals surface area contributed by atoms with Gasteiger partial charge in [-0.3, -0.25) is 14.6 Å². The molecular weight excluding hydrogens is 428 g/mol. The third-order valence-electron chi connectivity index (χ3n) is 5.83. The Morgan fingerprint density at radius 2 is 1.71 bits per heavy atom. The number of hydrogen-bond donors (Lipinski definition) is 3. The molecule has 0 unspecified atom stereocenters. The Morgan fingerprint density at radius 1 is 1.00 bits per heavy atom. The molecule has 0 atom stereocenters. The van der Waals surface area contributed by atoms with Crippen molar-refractivity contribution in [3.63, 3.8) is 0 Å². The highest BCUT2D eigenvalue weighted by atomic mass is 16.2. The zero-order valence-corrected chi connectivity index (χ0v) is 18.7. The number of nitrogens with one attached hydrogen (secondary N) is 3. The van der Waals surface area contributed by atoms with Crippen molar-refractivity contribution in [2.75, 3.05) is 5.32 Å². The topological polar surface area (TPSA) is 104 Å². The minimum atomic E-state index is -0.321. The number of aryl methyl sites for hydroxylation is 1. The number of anilines is 2. The predicted octanol–water partition coefficient (Wildman–Crippen LogP) is 4.23. The van der Waals surface area contributed by atoms with E-state index in [1.807, 2.05) is 38.2 Å². The Labute approximate surface area is 195 Å². The molecule has 0 aliphatic heterocycles. The summed E-state index contributed by atoms with van der Waals surface area (Å²) >= 11 is 0. The monoisotopic (exact) mass is 450 g/mol. The van der Waals surface area contributed by atoms with Crippen molar-refractivity contribution in [1.29, 1.82) is 0 Å². The molecule has 168 valence electrons. The van der Waals surface area contributed by atoms with Crippen LogP contribution in [0.25, 0.3) is 21.8 Å². The third-order valence-corrected chi connectivity index (χ3v) is 5.83. The number of aromatic amines is 1. The molecule has 34 heavy (non-hydrogen) atoms. The van der Waals surface area contributed by atoms with Gasteiger partial charge in [0.25, 0.3) is 11.5 Å². The Morgan fingerprint density at radius 3 is 2.50 bits per heavy atom. The summed E-state index contributed by atoms with van der Waals surface area (Å²) in [5.41, 5.74) is 7.25. The molecule has 0 saturated carbocycles. The van der Waals surface area contributed by atoms with Crippen LogP contribution in [0.3, 0.4) is 0 Å². The number of hydrogen-bond acceptors (Lipinski definition) is 5. The fourth-order valence-electron chi connectivity index (χ4n) is 3.92.